The van der Waals surface area contributed by atoms with Gasteiger partial charge in [-0.05, 0) is 35.9 Å². The van der Waals surface area contributed by atoms with E-state index >= 15 is 0 Å². The third-order valence-corrected chi connectivity index (χ3v) is 7.02. The van der Waals surface area contributed by atoms with E-state index in [-0.39, 0.29) is 11.3 Å². The molecule has 36 heavy (non-hydrogen) atoms. The van der Waals surface area contributed by atoms with Crippen LogP contribution in [0.5, 0.6) is 17.2 Å². The number of aromatic nitrogens is 1. The van der Waals surface area contributed by atoms with Crippen LogP contribution in [0.3, 0.4) is 0 Å². The maximum absolute atomic E-state index is 13.4. The number of amides is 1. The topological polar surface area (TPSA) is 98.2 Å². The van der Waals surface area contributed by atoms with Gasteiger partial charge in [0.15, 0.2) is 16.6 Å². The number of thiazole rings is 1. The summed E-state index contributed by atoms with van der Waals surface area (Å²) in [5.41, 5.74) is 1.61. The van der Waals surface area contributed by atoms with Gasteiger partial charge in [-0.25, -0.2) is 4.98 Å². The molecule has 1 saturated heterocycles. The molecule has 5 rings (SSSR count). The van der Waals surface area contributed by atoms with E-state index in [2.05, 4.69) is 4.98 Å². The lowest BCUT2D eigenvalue weighted by Crippen LogP contribution is -2.29. The highest BCUT2D eigenvalue weighted by Crippen LogP contribution is 2.46. The highest BCUT2D eigenvalue weighted by molar-refractivity contribution is 7.22. The van der Waals surface area contributed by atoms with Gasteiger partial charge in [-0.15, -0.1) is 0 Å². The van der Waals surface area contributed by atoms with Crippen molar-refractivity contribution in [1.29, 1.82) is 0 Å². The molecule has 0 unspecified atom stereocenters. The Balaban J connectivity index is 1.74. The van der Waals surface area contributed by atoms with E-state index in [1.807, 2.05) is 6.07 Å². The summed E-state index contributed by atoms with van der Waals surface area (Å²) in [6.45, 7) is 0. The van der Waals surface area contributed by atoms with Crippen molar-refractivity contribution in [2.24, 2.45) is 0 Å². The Kier molecular flexibility index (Phi) is 6.07. The molecular formula is C27H22N2O6S. The number of aliphatic hydroxyl groups is 1. The normalized spacial score (nSPS) is 17.0. The van der Waals surface area contributed by atoms with E-state index in [0.717, 1.165) is 4.70 Å². The number of carbonyl (C=O) groups excluding carboxylic acids is 2. The van der Waals surface area contributed by atoms with Gasteiger partial charge in [-0.3, -0.25) is 14.5 Å². The zero-order valence-electron chi connectivity index (χ0n) is 19.7. The fraction of sp³-hybridized carbons (Fsp3) is 0.148. The Labute approximate surface area is 211 Å². The standard InChI is InChI=1S/C27H22N2O6S/c1-33-17-10-11-18-21(14-17)36-27(28-18)29-23(16-9-12-19(34-2)20(13-16)35-3)22(25(31)26(29)32)24(30)15-7-5-4-6-8-15/h4-14,23,30H,1-3H3/t23-/m1/s1. The molecule has 4 aromatic rings. The molecule has 1 aliphatic rings. The number of ether oxygens (including phenoxy) is 3. The van der Waals surface area contributed by atoms with Gasteiger partial charge in [0.25, 0.3) is 5.78 Å². The lowest BCUT2D eigenvalue weighted by molar-refractivity contribution is -0.132. The molecule has 1 atom stereocenters. The molecule has 8 nitrogen and oxygen atoms in total. The fourth-order valence-corrected chi connectivity index (χ4v) is 5.26. The molecule has 0 aliphatic carbocycles. The van der Waals surface area contributed by atoms with Crippen molar-refractivity contribution in [3.05, 3.63) is 83.4 Å². The minimum Gasteiger partial charge on any atom is -0.507 e. The molecular weight excluding hydrogens is 480 g/mol. The van der Waals surface area contributed by atoms with Crippen molar-refractivity contribution in [2.45, 2.75) is 6.04 Å². The summed E-state index contributed by atoms with van der Waals surface area (Å²) < 4.78 is 16.9. The summed E-state index contributed by atoms with van der Waals surface area (Å²) in [6, 6.07) is 18.2. The molecule has 0 saturated carbocycles. The highest BCUT2D eigenvalue weighted by Gasteiger charge is 2.48. The second-order valence-electron chi connectivity index (χ2n) is 7.98. The summed E-state index contributed by atoms with van der Waals surface area (Å²) in [5, 5.41) is 11.6. The first-order valence-electron chi connectivity index (χ1n) is 11.0. The van der Waals surface area contributed by atoms with Crippen LogP contribution >= 0.6 is 11.3 Å². The Morgan fingerprint density at radius 1 is 0.917 bits per heavy atom. The molecule has 1 amide bonds. The van der Waals surface area contributed by atoms with Crippen molar-refractivity contribution in [3.63, 3.8) is 0 Å². The van der Waals surface area contributed by atoms with Gasteiger partial charge in [-0.2, -0.15) is 0 Å². The largest absolute Gasteiger partial charge is 0.507 e. The molecule has 182 valence electrons. The molecule has 1 fully saturated rings. The van der Waals surface area contributed by atoms with Crippen LogP contribution in [0.15, 0.2) is 72.3 Å². The highest BCUT2D eigenvalue weighted by atomic mass is 32.1. The smallest absolute Gasteiger partial charge is 0.301 e. The lowest BCUT2D eigenvalue weighted by Gasteiger charge is -2.23. The zero-order valence-corrected chi connectivity index (χ0v) is 20.5. The van der Waals surface area contributed by atoms with Gasteiger partial charge < -0.3 is 19.3 Å². The number of Topliss-reactive ketones (excluding diaryl/α,β-unsaturated/α-hetero) is 1. The summed E-state index contributed by atoms with van der Waals surface area (Å²) in [7, 11) is 4.60. The van der Waals surface area contributed by atoms with Crippen molar-refractivity contribution < 1.29 is 28.9 Å². The van der Waals surface area contributed by atoms with Crippen LogP contribution in [0.4, 0.5) is 5.13 Å². The Morgan fingerprint density at radius 2 is 1.67 bits per heavy atom. The molecule has 9 heteroatoms. The molecule has 3 aromatic carbocycles. The fourth-order valence-electron chi connectivity index (χ4n) is 4.24. The number of carbonyl (C=O) groups is 2. The van der Waals surface area contributed by atoms with Crippen LogP contribution < -0.4 is 19.1 Å². The molecule has 1 aliphatic heterocycles. The second-order valence-corrected chi connectivity index (χ2v) is 8.99. The molecule has 0 bridgehead atoms. The first-order valence-corrected chi connectivity index (χ1v) is 11.8. The number of aliphatic hydroxyl groups excluding tert-OH is 1. The number of ketones is 1. The third-order valence-electron chi connectivity index (χ3n) is 6.01. The molecule has 2 heterocycles. The SMILES string of the molecule is COc1ccc2nc(N3C(=O)C(=O)C(=C(O)c4ccccc4)[C@H]3c3ccc(OC)c(OC)c3)sc2c1. The number of rotatable bonds is 6. The number of benzene rings is 3. The first-order chi connectivity index (χ1) is 17.5. The van der Waals surface area contributed by atoms with Crippen molar-refractivity contribution in [1.82, 2.24) is 4.98 Å². The minimum absolute atomic E-state index is 0.0322. The predicted octanol–water partition coefficient (Wildman–Crippen LogP) is 4.95. The molecule has 1 aromatic heterocycles. The molecule has 1 N–H and O–H groups in total. The average Bonchev–Trinajstić information content (AvgIpc) is 3.45. The maximum atomic E-state index is 13.4. The van der Waals surface area contributed by atoms with Crippen LogP contribution in [0.1, 0.15) is 17.2 Å². The van der Waals surface area contributed by atoms with Crippen molar-refractivity contribution >= 4 is 44.1 Å². The van der Waals surface area contributed by atoms with Crippen LogP contribution in [0.25, 0.3) is 16.0 Å². The number of methoxy groups -OCH3 is 3. The predicted molar refractivity (Wildman–Crippen MR) is 137 cm³/mol. The van der Waals surface area contributed by atoms with E-state index in [1.165, 1.54) is 30.5 Å². The summed E-state index contributed by atoms with van der Waals surface area (Å²) in [4.78, 5) is 32.8. The Bertz CT molecular complexity index is 1510. The number of anilines is 1. The number of nitrogens with zero attached hydrogens (tertiary/aromatic N) is 2. The summed E-state index contributed by atoms with van der Waals surface area (Å²) in [6.07, 6.45) is 0. The van der Waals surface area contributed by atoms with Gasteiger partial charge in [0.05, 0.1) is 43.2 Å². The van der Waals surface area contributed by atoms with Crippen LogP contribution in [-0.4, -0.2) is 43.1 Å². The average molecular weight is 503 g/mol. The minimum atomic E-state index is -0.938. The third kappa shape index (κ3) is 3.83. The van der Waals surface area contributed by atoms with Crippen molar-refractivity contribution in [2.75, 3.05) is 26.2 Å². The lowest BCUT2D eigenvalue weighted by atomic mass is 9.95. The number of hydrogen-bond acceptors (Lipinski definition) is 8. The van der Waals surface area contributed by atoms with E-state index in [0.29, 0.717) is 39.0 Å². The van der Waals surface area contributed by atoms with Gasteiger partial charge >= 0.3 is 5.91 Å². The van der Waals surface area contributed by atoms with Gasteiger partial charge in [0, 0.05) is 5.56 Å². The first kappa shape index (κ1) is 23.4. The quantitative estimate of drug-likeness (QED) is 0.226. The van der Waals surface area contributed by atoms with E-state index in [4.69, 9.17) is 14.2 Å². The van der Waals surface area contributed by atoms with Crippen LogP contribution in [0, 0.1) is 0 Å². The van der Waals surface area contributed by atoms with Crippen molar-refractivity contribution in [3.8, 4) is 17.2 Å². The van der Waals surface area contributed by atoms with E-state index in [9.17, 15) is 14.7 Å². The van der Waals surface area contributed by atoms with Gasteiger partial charge in [0.2, 0.25) is 0 Å². The maximum Gasteiger partial charge on any atom is 0.301 e. The van der Waals surface area contributed by atoms with Gasteiger partial charge in [-0.1, -0.05) is 47.7 Å². The van der Waals surface area contributed by atoms with Crippen LogP contribution in [-0.2, 0) is 9.59 Å². The monoisotopic (exact) mass is 502 g/mol. The summed E-state index contributed by atoms with van der Waals surface area (Å²) in [5.74, 6) is -0.270. The zero-order chi connectivity index (χ0) is 25.4. The molecule has 0 spiro atoms. The second kappa shape index (κ2) is 9.35. The summed E-state index contributed by atoms with van der Waals surface area (Å²) >= 11 is 1.26. The number of hydrogen-bond donors (Lipinski definition) is 1. The number of fused-ring (bicyclic) bond motifs is 1. The van der Waals surface area contributed by atoms with E-state index < -0.39 is 17.7 Å². The van der Waals surface area contributed by atoms with E-state index in [1.54, 1.807) is 67.8 Å². The Morgan fingerprint density at radius 3 is 2.36 bits per heavy atom. The molecule has 0 radical (unpaired) electrons. The Hall–Kier alpha value is -4.37. The van der Waals surface area contributed by atoms with Gasteiger partial charge in [0.1, 0.15) is 11.5 Å². The van der Waals surface area contributed by atoms with Crippen LogP contribution in [0.2, 0.25) is 0 Å².